The van der Waals surface area contributed by atoms with Gasteiger partial charge >= 0.3 is 0 Å². The van der Waals surface area contributed by atoms with Gasteiger partial charge in [-0.3, -0.25) is 0 Å². The molecule has 0 heterocycles. The van der Waals surface area contributed by atoms with Crippen LogP contribution in [0.5, 0.6) is 5.75 Å². The van der Waals surface area contributed by atoms with Crippen LogP contribution < -0.4 is 4.43 Å². The summed E-state index contributed by atoms with van der Waals surface area (Å²) in [6.07, 6.45) is 1.07. The monoisotopic (exact) mass is 278 g/mol. The summed E-state index contributed by atoms with van der Waals surface area (Å²) < 4.78 is 6.67. The second kappa shape index (κ2) is 6.60. The van der Waals surface area contributed by atoms with Crippen LogP contribution in [0.1, 0.15) is 54.0 Å². The van der Waals surface area contributed by atoms with Gasteiger partial charge in [-0.25, -0.2) is 0 Å². The van der Waals surface area contributed by atoms with Gasteiger partial charge in [0.1, 0.15) is 5.75 Å². The van der Waals surface area contributed by atoms with Gasteiger partial charge < -0.3 is 4.43 Å². The summed E-state index contributed by atoms with van der Waals surface area (Å²) in [4.78, 5) is 0. The third kappa shape index (κ3) is 3.41. The fourth-order valence-electron chi connectivity index (χ4n) is 3.39. The van der Waals surface area contributed by atoms with Crippen molar-refractivity contribution in [2.75, 3.05) is 0 Å². The van der Waals surface area contributed by atoms with E-state index >= 15 is 0 Å². The van der Waals surface area contributed by atoms with Gasteiger partial charge in [0.15, 0.2) is 0 Å². The van der Waals surface area contributed by atoms with E-state index in [9.17, 15) is 0 Å². The molecule has 0 N–H and O–H groups in total. The highest BCUT2D eigenvalue weighted by molar-refractivity contribution is 6.78. The Bertz CT molecular complexity index is 374. The molecule has 0 saturated heterocycles. The van der Waals surface area contributed by atoms with Crippen LogP contribution in [-0.2, 0) is 6.42 Å². The summed E-state index contributed by atoms with van der Waals surface area (Å²) in [6, 6.07) is 8.63. The van der Waals surface area contributed by atoms with E-state index in [4.69, 9.17) is 4.43 Å². The van der Waals surface area contributed by atoms with Gasteiger partial charge in [0.25, 0.3) is 8.32 Å². The van der Waals surface area contributed by atoms with Crippen LogP contribution in [0.15, 0.2) is 24.3 Å². The molecule has 0 atom stereocenters. The number of rotatable bonds is 6. The largest absolute Gasteiger partial charge is 0.543 e. The first-order chi connectivity index (χ1) is 8.84. The molecule has 0 spiro atoms. The zero-order valence-corrected chi connectivity index (χ0v) is 14.7. The van der Waals surface area contributed by atoms with Crippen molar-refractivity contribution in [3.8, 4) is 5.75 Å². The van der Waals surface area contributed by atoms with E-state index in [1.165, 1.54) is 5.56 Å². The highest BCUT2D eigenvalue weighted by Gasteiger charge is 2.46. The van der Waals surface area contributed by atoms with E-state index in [1.807, 2.05) is 0 Å². The molecule has 0 aliphatic carbocycles. The van der Waals surface area contributed by atoms with E-state index < -0.39 is 8.32 Å². The molecule has 1 aromatic carbocycles. The maximum absolute atomic E-state index is 6.67. The number of aryl methyl sites for hydroxylation is 1. The van der Waals surface area contributed by atoms with Gasteiger partial charge in [-0.2, -0.15) is 0 Å². The van der Waals surface area contributed by atoms with Crippen molar-refractivity contribution in [2.45, 2.75) is 71.5 Å². The first-order valence-corrected chi connectivity index (χ1v) is 9.76. The molecule has 0 unspecified atom stereocenters. The lowest BCUT2D eigenvalue weighted by atomic mass is 10.2. The first-order valence-electron chi connectivity index (χ1n) is 7.62. The zero-order valence-electron chi connectivity index (χ0n) is 13.7. The number of benzene rings is 1. The van der Waals surface area contributed by atoms with E-state index in [0.29, 0.717) is 16.6 Å². The Balaban J connectivity index is 3.13. The van der Waals surface area contributed by atoms with Crippen molar-refractivity contribution in [3.63, 3.8) is 0 Å². The Hall–Kier alpha value is -0.763. The predicted octanol–water partition coefficient (Wildman–Crippen LogP) is 5.80. The zero-order chi connectivity index (χ0) is 14.6. The van der Waals surface area contributed by atoms with Crippen LogP contribution >= 0.6 is 0 Å². The maximum Gasteiger partial charge on any atom is 0.258 e. The maximum atomic E-state index is 6.67. The topological polar surface area (TPSA) is 9.23 Å². The van der Waals surface area contributed by atoms with Crippen LogP contribution in [0.3, 0.4) is 0 Å². The number of hydrogen-bond acceptors (Lipinski definition) is 1. The molecule has 0 radical (unpaired) electrons. The Morgan fingerprint density at radius 2 is 1.47 bits per heavy atom. The average Bonchev–Trinajstić information content (AvgIpc) is 2.34. The Morgan fingerprint density at radius 3 is 1.89 bits per heavy atom. The van der Waals surface area contributed by atoms with Gasteiger partial charge in [0.2, 0.25) is 0 Å². The lowest BCUT2D eigenvalue weighted by Gasteiger charge is -2.42. The van der Waals surface area contributed by atoms with Gasteiger partial charge in [-0.15, -0.1) is 0 Å². The molecular formula is C17H30OSi. The third-order valence-electron chi connectivity index (χ3n) is 4.31. The minimum absolute atomic E-state index is 0.623. The van der Waals surface area contributed by atoms with Crippen molar-refractivity contribution < 1.29 is 4.43 Å². The van der Waals surface area contributed by atoms with Crippen LogP contribution in [0, 0.1) is 0 Å². The van der Waals surface area contributed by atoms with Crippen LogP contribution in [-0.4, -0.2) is 8.32 Å². The minimum atomic E-state index is -1.80. The molecule has 2 heteroatoms. The van der Waals surface area contributed by atoms with Crippen LogP contribution in [0.25, 0.3) is 0 Å². The highest BCUT2D eigenvalue weighted by atomic mass is 28.4. The fourth-order valence-corrected chi connectivity index (χ4v) is 8.63. The average molecular weight is 279 g/mol. The smallest absolute Gasteiger partial charge is 0.258 e. The molecular weight excluding hydrogens is 248 g/mol. The lowest BCUT2D eigenvalue weighted by Crippen LogP contribution is -2.50. The highest BCUT2D eigenvalue weighted by Crippen LogP contribution is 2.42. The Morgan fingerprint density at radius 1 is 0.947 bits per heavy atom. The van der Waals surface area contributed by atoms with E-state index in [1.54, 1.807) is 0 Å². The third-order valence-corrected chi connectivity index (χ3v) is 10.3. The molecule has 19 heavy (non-hydrogen) atoms. The molecule has 0 aliphatic rings. The summed E-state index contributed by atoms with van der Waals surface area (Å²) in [6.45, 7) is 16.2. The van der Waals surface area contributed by atoms with Crippen molar-refractivity contribution in [1.29, 1.82) is 0 Å². The minimum Gasteiger partial charge on any atom is -0.543 e. The van der Waals surface area contributed by atoms with Gasteiger partial charge in [-0.05, 0) is 40.7 Å². The SMILES string of the molecule is CCc1cccc(O[Si](C(C)C)(C(C)C)C(C)C)c1. The van der Waals surface area contributed by atoms with Crippen molar-refractivity contribution in [2.24, 2.45) is 0 Å². The molecule has 1 aromatic rings. The standard InChI is InChI=1S/C17H30OSi/c1-8-16-10-9-11-17(12-16)18-19(13(2)3,14(4)5)15(6)7/h9-15H,8H2,1-7H3. The molecule has 0 saturated carbocycles. The van der Waals surface area contributed by atoms with Crippen molar-refractivity contribution >= 4 is 8.32 Å². The van der Waals surface area contributed by atoms with Crippen molar-refractivity contribution in [1.82, 2.24) is 0 Å². The van der Waals surface area contributed by atoms with E-state index in [2.05, 4.69) is 72.7 Å². The van der Waals surface area contributed by atoms with Crippen LogP contribution in [0.2, 0.25) is 16.6 Å². The van der Waals surface area contributed by atoms with Gasteiger partial charge in [0, 0.05) is 0 Å². The second-order valence-corrected chi connectivity index (χ2v) is 11.8. The van der Waals surface area contributed by atoms with Crippen LogP contribution in [0.4, 0.5) is 0 Å². The molecule has 108 valence electrons. The molecule has 1 rings (SSSR count). The quantitative estimate of drug-likeness (QED) is 0.597. The second-order valence-electron chi connectivity index (χ2n) is 6.42. The van der Waals surface area contributed by atoms with Crippen molar-refractivity contribution in [3.05, 3.63) is 29.8 Å². The normalized spacial score (nSPS) is 12.5. The van der Waals surface area contributed by atoms with E-state index in [0.717, 1.165) is 12.2 Å². The predicted molar refractivity (Wildman–Crippen MR) is 87.5 cm³/mol. The summed E-state index contributed by atoms with van der Waals surface area (Å²) in [5.41, 5.74) is 3.23. The molecule has 0 aliphatic heterocycles. The number of hydrogen-bond donors (Lipinski definition) is 0. The van der Waals surface area contributed by atoms with Gasteiger partial charge in [-0.1, -0.05) is 60.6 Å². The fraction of sp³-hybridized carbons (Fsp3) is 0.647. The summed E-state index contributed by atoms with van der Waals surface area (Å²) in [5.74, 6) is 1.07. The first kappa shape index (κ1) is 16.3. The molecule has 1 nitrogen and oxygen atoms in total. The van der Waals surface area contributed by atoms with Gasteiger partial charge in [0.05, 0.1) is 0 Å². The summed E-state index contributed by atoms with van der Waals surface area (Å²) in [5, 5.41) is 0. The summed E-state index contributed by atoms with van der Waals surface area (Å²) in [7, 11) is -1.80. The molecule has 0 fully saturated rings. The molecule has 0 aromatic heterocycles. The Kier molecular flexibility index (Phi) is 5.66. The molecule has 0 bridgehead atoms. The molecule has 0 amide bonds. The Labute approximate surface area is 120 Å². The summed E-state index contributed by atoms with van der Waals surface area (Å²) >= 11 is 0. The van der Waals surface area contributed by atoms with E-state index in [-0.39, 0.29) is 0 Å². The lowest BCUT2D eigenvalue weighted by molar-refractivity contribution is 0.479.